The van der Waals surface area contributed by atoms with Gasteiger partial charge in [0, 0.05) is 24.9 Å². The van der Waals surface area contributed by atoms with Crippen molar-refractivity contribution >= 4 is 11.8 Å². The molecule has 1 rings (SSSR count). The zero-order valence-electron chi connectivity index (χ0n) is 11.2. The molecule has 1 fully saturated rings. The quantitative estimate of drug-likeness (QED) is 0.780. The molecule has 1 aliphatic rings. The number of nitrogens with one attached hydrogen (secondary N) is 1. The molecule has 1 atom stereocenters. The SMILES string of the molecule is CC(C)(CCO)CNC1CSCC(C)(C)C1. The van der Waals surface area contributed by atoms with Gasteiger partial charge in [-0.1, -0.05) is 27.7 Å². The maximum atomic E-state index is 8.99. The van der Waals surface area contributed by atoms with Crippen LogP contribution < -0.4 is 5.32 Å². The molecule has 1 heterocycles. The van der Waals surface area contributed by atoms with Gasteiger partial charge in [-0.25, -0.2) is 0 Å². The van der Waals surface area contributed by atoms with E-state index in [1.54, 1.807) is 0 Å². The van der Waals surface area contributed by atoms with Gasteiger partial charge in [0.25, 0.3) is 0 Å². The van der Waals surface area contributed by atoms with Gasteiger partial charge in [-0.15, -0.1) is 0 Å². The van der Waals surface area contributed by atoms with E-state index in [2.05, 4.69) is 44.8 Å². The monoisotopic (exact) mass is 245 g/mol. The molecule has 0 aromatic carbocycles. The van der Waals surface area contributed by atoms with E-state index in [0.29, 0.717) is 18.1 Å². The summed E-state index contributed by atoms with van der Waals surface area (Å²) in [6, 6.07) is 0.645. The summed E-state index contributed by atoms with van der Waals surface area (Å²) in [5, 5.41) is 12.7. The minimum absolute atomic E-state index is 0.209. The topological polar surface area (TPSA) is 32.3 Å². The van der Waals surface area contributed by atoms with E-state index < -0.39 is 0 Å². The molecule has 16 heavy (non-hydrogen) atoms. The molecule has 2 N–H and O–H groups in total. The van der Waals surface area contributed by atoms with Crippen LogP contribution in [0.1, 0.15) is 40.5 Å². The highest BCUT2D eigenvalue weighted by atomic mass is 32.2. The minimum Gasteiger partial charge on any atom is -0.396 e. The molecule has 0 bridgehead atoms. The first kappa shape index (κ1) is 14.3. The van der Waals surface area contributed by atoms with Crippen molar-refractivity contribution in [2.24, 2.45) is 10.8 Å². The van der Waals surface area contributed by atoms with Gasteiger partial charge in [0.05, 0.1) is 0 Å². The molecule has 1 aliphatic heterocycles. The molecule has 0 aliphatic carbocycles. The Bertz CT molecular complexity index is 216. The summed E-state index contributed by atoms with van der Waals surface area (Å²) in [6.45, 7) is 10.4. The van der Waals surface area contributed by atoms with Crippen LogP contribution in [0.3, 0.4) is 0 Å². The molecule has 2 nitrogen and oxygen atoms in total. The largest absolute Gasteiger partial charge is 0.396 e. The second-order valence-corrected chi connectivity index (χ2v) is 7.63. The molecule has 3 heteroatoms. The minimum atomic E-state index is 0.209. The maximum Gasteiger partial charge on any atom is 0.0436 e. The lowest BCUT2D eigenvalue weighted by Gasteiger charge is -2.37. The summed E-state index contributed by atoms with van der Waals surface area (Å²) < 4.78 is 0. The van der Waals surface area contributed by atoms with Crippen molar-refractivity contribution in [1.29, 1.82) is 0 Å². The van der Waals surface area contributed by atoms with Gasteiger partial charge in [-0.05, 0) is 29.4 Å². The number of thioether (sulfide) groups is 1. The predicted octanol–water partition coefficient (Wildman–Crippen LogP) is 2.52. The standard InChI is InChI=1S/C13H27NOS/c1-12(2,5-6-15)9-14-11-7-13(3,4)10-16-8-11/h11,14-15H,5-10H2,1-4H3. The molecule has 0 aromatic heterocycles. The fourth-order valence-corrected chi connectivity index (χ4v) is 3.51. The molecule has 1 unspecified atom stereocenters. The summed E-state index contributed by atoms with van der Waals surface area (Å²) in [5.41, 5.74) is 0.683. The van der Waals surface area contributed by atoms with Crippen molar-refractivity contribution in [2.75, 3.05) is 24.7 Å². The first-order valence-corrected chi connectivity index (χ1v) is 7.42. The number of hydrogen-bond acceptors (Lipinski definition) is 3. The summed E-state index contributed by atoms with van der Waals surface area (Å²) >= 11 is 2.06. The predicted molar refractivity (Wildman–Crippen MR) is 73.0 cm³/mol. The Labute approximate surface area is 105 Å². The van der Waals surface area contributed by atoms with E-state index in [9.17, 15) is 0 Å². The van der Waals surface area contributed by atoms with Crippen molar-refractivity contribution in [1.82, 2.24) is 5.32 Å². The van der Waals surface area contributed by atoms with Crippen LogP contribution in [0.15, 0.2) is 0 Å². The Morgan fingerprint density at radius 1 is 1.44 bits per heavy atom. The fourth-order valence-electron chi connectivity index (χ4n) is 2.21. The van der Waals surface area contributed by atoms with Gasteiger partial charge in [-0.3, -0.25) is 0 Å². The highest BCUT2D eigenvalue weighted by Gasteiger charge is 2.29. The summed E-state index contributed by atoms with van der Waals surface area (Å²) in [7, 11) is 0. The average Bonchev–Trinajstić information content (AvgIpc) is 2.13. The van der Waals surface area contributed by atoms with Gasteiger partial charge in [0.1, 0.15) is 0 Å². The zero-order chi connectivity index (χ0) is 12.2. The summed E-state index contributed by atoms with van der Waals surface area (Å²) in [5.74, 6) is 2.52. The molecule has 0 aromatic rings. The average molecular weight is 245 g/mol. The number of hydrogen-bond donors (Lipinski definition) is 2. The van der Waals surface area contributed by atoms with Crippen molar-refractivity contribution < 1.29 is 5.11 Å². The molecule has 96 valence electrons. The maximum absolute atomic E-state index is 8.99. The molecule has 0 saturated carbocycles. The van der Waals surface area contributed by atoms with Crippen LogP contribution in [0.4, 0.5) is 0 Å². The van der Waals surface area contributed by atoms with Gasteiger partial charge < -0.3 is 10.4 Å². The van der Waals surface area contributed by atoms with E-state index in [4.69, 9.17) is 5.11 Å². The lowest BCUT2D eigenvalue weighted by molar-refractivity contribution is 0.197. The Hall–Kier alpha value is 0.270. The van der Waals surface area contributed by atoms with Gasteiger partial charge >= 0.3 is 0 Å². The number of rotatable bonds is 5. The van der Waals surface area contributed by atoms with Crippen molar-refractivity contribution in [3.05, 3.63) is 0 Å². The second-order valence-electron chi connectivity index (χ2n) is 6.60. The van der Waals surface area contributed by atoms with Crippen molar-refractivity contribution in [3.63, 3.8) is 0 Å². The zero-order valence-corrected chi connectivity index (χ0v) is 12.0. The lowest BCUT2D eigenvalue weighted by Crippen LogP contribution is -2.44. The Kier molecular flexibility index (Phi) is 5.14. The van der Waals surface area contributed by atoms with Gasteiger partial charge in [0.2, 0.25) is 0 Å². The third-order valence-corrected chi connectivity index (χ3v) is 4.89. The molecule has 0 amide bonds. The smallest absolute Gasteiger partial charge is 0.0436 e. The van der Waals surface area contributed by atoms with Crippen LogP contribution in [-0.2, 0) is 0 Å². The van der Waals surface area contributed by atoms with E-state index in [-0.39, 0.29) is 5.41 Å². The van der Waals surface area contributed by atoms with E-state index in [1.807, 2.05) is 0 Å². The molecule has 0 radical (unpaired) electrons. The van der Waals surface area contributed by atoms with Crippen molar-refractivity contribution in [2.45, 2.75) is 46.6 Å². The Balaban J connectivity index is 2.32. The third-order valence-electron chi connectivity index (χ3n) is 3.27. The fraction of sp³-hybridized carbons (Fsp3) is 1.00. The van der Waals surface area contributed by atoms with Gasteiger partial charge in [0.15, 0.2) is 0 Å². The Morgan fingerprint density at radius 2 is 2.12 bits per heavy atom. The summed E-state index contributed by atoms with van der Waals surface area (Å²) in [4.78, 5) is 0. The van der Waals surface area contributed by atoms with E-state index in [0.717, 1.165) is 13.0 Å². The van der Waals surface area contributed by atoms with Crippen molar-refractivity contribution in [3.8, 4) is 0 Å². The third kappa shape index (κ3) is 5.07. The first-order chi connectivity index (χ1) is 7.35. The second kappa shape index (κ2) is 5.74. The van der Waals surface area contributed by atoms with Crippen LogP contribution in [0.25, 0.3) is 0 Å². The van der Waals surface area contributed by atoms with Crippen LogP contribution in [0, 0.1) is 10.8 Å². The lowest BCUT2D eigenvalue weighted by atomic mass is 9.86. The van der Waals surface area contributed by atoms with Crippen LogP contribution in [0.2, 0.25) is 0 Å². The normalized spacial score (nSPS) is 25.7. The highest BCUT2D eigenvalue weighted by molar-refractivity contribution is 7.99. The molecule has 1 saturated heterocycles. The number of aliphatic hydroxyl groups excluding tert-OH is 1. The summed E-state index contributed by atoms with van der Waals surface area (Å²) in [6.07, 6.45) is 2.15. The van der Waals surface area contributed by atoms with Gasteiger partial charge in [-0.2, -0.15) is 11.8 Å². The Morgan fingerprint density at radius 3 is 2.69 bits per heavy atom. The highest BCUT2D eigenvalue weighted by Crippen LogP contribution is 2.33. The molecule has 0 spiro atoms. The van der Waals surface area contributed by atoms with Crippen LogP contribution in [-0.4, -0.2) is 35.8 Å². The number of aliphatic hydroxyl groups is 1. The molecular formula is C13H27NOS. The van der Waals surface area contributed by atoms with Crippen LogP contribution in [0.5, 0.6) is 0 Å². The first-order valence-electron chi connectivity index (χ1n) is 6.27. The van der Waals surface area contributed by atoms with E-state index >= 15 is 0 Å². The van der Waals surface area contributed by atoms with E-state index in [1.165, 1.54) is 17.9 Å². The molecular weight excluding hydrogens is 218 g/mol. The van der Waals surface area contributed by atoms with Crippen LogP contribution >= 0.6 is 11.8 Å².